The fourth-order valence-corrected chi connectivity index (χ4v) is 4.15. The van der Waals surface area contributed by atoms with Gasteiger partial charge >= 0.3 is 0 Å². The van der Waals surface area contributed by atoms with Crippen molar-refractivity contribution in [3.05, 3.63) is 66.3 Å². The Bertz CT molecular complexity index is 1140. The third-order valence-electron chi connectivity index (χ3n) is 5.02. The van der Waals surface area contributed by atoms with Crippen molar-refractivity contribution in [3.63, 3.8) is 0 Å². The molecule has 0 N–H and O–H groups in total. The number of thioether (sulfide) groups is 1. The van der Waals surface area contributed by atoms with Crippen molar-refractivity contribution in [1.29, 1.82) is 0 Å². The Morgan fingerprint density at radius 2 is 1.77 bits per heavy atom. The Hall–Kier alpha value is -3.13. The molecule has 0 radical (unpaired) electrons. The van der Waals surface area contributed by atoms with E-state index in [1.807, 2.05) is 49.4 Å². The Morgan fingerprint density at radius 1 is 1.00 bits per heavy atom. The molecule has 0 spiro atoms. The maximum absolute atomic E-state index is 5.95. The normalized spacial score (nSPS) is 14.6. The summed E-state index contributed by atoms with van der Waals surface area (Å²) in [5.74, 6) is 3.35. The minimum absolute atomic E-state index is 0.0665. The molecule has 5 rings (SSSR count). The second kappa shape index (κ2) is 7.95. The summed E-state index contributed by atoms with van der Waals surface area (Å²) < 4.78 is 13.3. The van der Waals surface area contributed by atoms with Crippen molar-refractivity contribution in [3.8, 4) is 22.9 Å². The zero-order valence-corrected chi connectivity index (χ0v) is 17.5. The molecule has 2 heterocycles. The van der Waals surface area contributed by atoms with E-state index in [9.17, 15) is 0 Å². The van der Waals surface area contributed by atoms with Crippen LogP contribution in [0.3, 0.4) is 0 Å². The molecule has 0 bridgehead atoms. The van der Waals surface area contributed by atoms with E-state index in [2.05, 4.69) is 37.1 Å². The first kappa shape index (κ1) is 18.9. The van der Waals surface area contributed by atoms with Gasteiger partial charge in [-0.2, -0.15) is 0 Å². The van der Waals surface area contributed by atoms with Crippen LogP contribution in [0, 0.1) is 0 Å². The van der Waals surface area contributed by atoms with Crippen LogP contribution in [-0.2, 0) is 0 Å². The SMILES string of the molecule is COc1ccc(-c2nnc([C@@H](C)Sc3nnc(C4CC4)n3-c3ccccc3)o2)cc1. The molecule has 4 aromatic rings. The van der Waals surface area contributed by atoms with Crippen LogP contribution in [0.15, 0.2) is 64.2 Å². The highest BCUT2D eigenvalue weighted by molar-refractivity contribution is 7.99. The van der Waals surface area contributed by atoms with Gasteiger partial charge in [-0.1, -0.05) is 30.0 Å². The van der Waals surface area contributed by atoms with Gasteiger partial charge in [-0.05, 0) is 56.2 Å². The lowest BCUT2D eigenvalue weighted by atomic mass is 10.2. The van der Waals surface area contributed by atoms with Crippen molar-refractivity contribution in [1.82, 2.24) is 25.0 Å². The number of hydrogen-bond acceptors (Lipinski definition) is 7. The predicted octanol–water partition coefficient (Wildman–Crippen LogP) is 5.06. The quantitative estimate of drug-likeness (QED) is 0.388. The van der Waals surface area contributed by atoms with Gasteiger partial charge in [-0.3, -0.25) is 4.57 Å². The van der Waals surface area contributed by atoms with E-state index in [-0.39, 0.29) is 5.25 Å². The molecular formula is C22H21N5O2S. The Labute approximate surface area is 178 Å². The molecule has 1 atom stereocenters. The highest BCUT2D eigenvalue weighted by atomic mass is 32.2. The summed E-state index contributed by atoms with van der Waals surface area (Å²) in [6, 6.07) is 17.8. The molecule has 1 aliphatic rings. The Morgan fingerprint density at radius 3 is 2.47 bits per heavy atom. The van der Waals surface area contributed by atoms with Gasteiger partial charge in [-0.25, -0.2) is 0 Å². The monoisotopic (exact) mass is 419 g/mol. The number of para-hydroxylation sites is 1. The molecule has 2 aromatic heterocycles. The summed E-state index contributed by atoms with van der Waals surface area (Å²) in [5.41, 5.74) is 1.93. The topological polar surface area (TPSA) is 78.9 Å². The summed E-state index contributed by atoms with van der Waals surface area (Å²) in [6.07, 6.45) is 2.33. The van der Waals surface area contributed by atoms with Crippen LogP contribution in [-0.4, -0.2) is 32.1 Å². The van der Waals surface area contributed by atoms with E-state index < -0.39 is 0 Å². The van der Waals surface area contributed by atoms with Crippen molar-refractivity contribution in [2.75, 3.05) is 7.11 Å². The fourth-order valence-electron chi connectivity index (χ4n) is 3.24. The van der Waals surface area contributed by atoms with E-state index in [1.165, 1.54) is 12.8 Å². The van der Waals surface area contributed by atoms with Gasteiger partial charge < -0.3 is 9.15 Å². The number of ether oxygens (including phenoxy) is 1. The van der Waals surface area contributed by atoms with E-state index in [0.717, 1.165) is 28.0 Å². The predicted molar refractivity (Wildman–Crippen MR) is 114 cm³/mol. The highest BCUT2D eigenvalue weighted by Gasteiger charge is 2.31. The van der Waals surface area contributed by atoms with Crippen LogP contribution in [0.1, 0.15) is 42.6 Å². The summed E-state index contributed by atoms with van der Waals surface area (Å²) in [5, 5.41) is 18.2. The van der Waals surface area contributed by atoms with Crippen LogP contribution >= 0.6 is 11.8 Å². The van der Waals surface area contributed by atoms with E-state index >= 15 is 0 Å². The van der Waals surface area contributed by atoms with Crippen LogP contribution in [0.5, 0.6) is 5.75 Å². The van der Waals surface area contributed by atoms with E-state index in [1.54, 1.807) is 18.9 Å². The van der Waals surface area contributed by atoms with Crippen molar-refractivity contribution in [2.24, 2.45) is 0 Å². The number of nitrogens with zero attached hydrogens (tertiary/aromatic N) is 5. The first-order valence-electron chi connectivity index (χ1n) is 9.88. The van der Waals surface area contributed by atoms with Gasteiger partial charge in [0.25, 0.3) is 0 Å². The summed E-state index contributed by atoms with van der Waals surface area (Å²) >= 11 is 1.57. The maximum atomic E-state index is 5.95. The molecule has 0 unspecified atom stereocenters. The largest absolute Gasteiger partial charge is 0.497 e. The Balaban J connectivity index is 1.40. The third kappa shape index (κ3) is 3.70. The van der Waals surface area contributed by atoms with Crippen LogP contribution in [0.25, 0.3) is 17.1 Å². The molecular weight excluding hydrogens is 398 g/mol. The zero-order valence-electron chi connectivity index (χ0n) is 16.7. The second-order valence-electron chi connectivity index (χ2n) is 7.22. The second-order valence-corrected chi connectivity index (χ2v) is 8.53. The average molecular weight is 420 g/mol. The molecule has 152 valence electrons. The Kier molecular flexibility index (Phi) is 5.00. The van der Waals surface area contributed by atoms with Crippen LogP contribution in [0.2, 0.25) is 0 Å². The fraction of sp³-hybridized carbons (Fsp3) is 0.273. The standard InChI is InChI=1S/C22H21N5O2S/c1-14(20-24-25-21(29-20)16-10-12-18(28-2)13-11-16)30-22-26-23-19(15-8-9-15)27(22)17-6-4-3-5-7-17/h3-7,10-15H,8-9H2,1-2H3/t14-/m1/s1. The summed E-state index contributed by atoms with van der Waals surface area (Å²) in [6.45, 7) is 2.04. The average Bonchev–Trinajstić information content (AvgIpc) is 3.36. The highest BCUT2D eigenvalue weighted by Crippen LogP contribution is 2.43. The zero-order chi connectivity index (χ0) is 20.5. The van der Waals surface area contributed by atoms with Gasteiger partial charge in [0.2, 0.25) is 11.8 Å². The molecule has 8 heteroatoms. The molecule has 1 aliphatic carbocycles. The minimum atomic E-state index is -0.0665. The molecule has 1 saturated carbocycles. The number of rotatable bonds is 7. The lowest BCUT2D eigenvalue weighted by Gasteiger charge is -2.11. The first-order valence-corrected chi connectivity index (χ1v) is 10.8. The molecule has 2 aromatic carbocycles. The van der Waals surface area contributed by atoms with Gasteiger partial charge in [0, 0.05) is 17.2 Å². The molecule has 7 nitrogen and oxygen atoms in total. The number of hydrogen-bond donors (Lipinski definition) is 0. The van der Waals surface area contributed by atoms with Crippen LogP contribution in [0.4, 0.5) is 0 Å². The van der Waals surface area contributed by atoms with Gasteiger partial charge in [-0.15, -0.1) is 20.4 Å². The van der Waals surface area contributed by atoms with Crippen molar-refractivity contribution < 1.29 is 9.15 Å². The number of aromatic nitrogens is 5. The lowest BCUT2D eigenvalue weighted by molar-refractivity contribution is 0.415. The van der Waals surface area contributed by atoms with E-state index in [4.69, 9.17) is 9.15 Å². The summed E-state index contributed by atoms with van der Waals surface area (Å²) in [7, 11) is 1.64. The van der Waals surface area contributed by atoms with Gasteiger partial charge in [0.15, 0.2) is 5.16 Å². The first-order chi connectivity index (χ1) is 14.7. The van der Waals surface area contributed by atoms with Crippen LogP contribution < -0.4 is 4.74 Å². The number of benzene rings is 2. The van der Waals surface area contributed by atoms with Gasteiger partial charge in [0.1, 0.15) is 11.6 Å². The van der Waals surface area contributed by atoms with Crippen molar-refractivity contribution >= 4 is 11.8 Å². The molecule has 0 saturated heterocycles. The molecule has 1 fully saturated rings. The molecule has 30 heavy (non-hydrogen) atoms. The maximum Gasteiger partial charge on any atom is 0.247 e. The molecule has 0 amide bonds. The van der Waals surface area contributed by atoms with Crippen molar-refractivity contribution in [2.45, 2.75) is 36.1 Å². The van der Waals surface area contributed by atoms with Gasteiger partial charge in [0.05, 0.1) is 12.4 Å². The summed E-state index contributed by atoms with van der Waals surface area (Å²) in [4.78, 5) is 0. The lowest BCUT2D eigenvalue weighted by Crippen LogP contribution is -2.02. The third-order valence-corrected chi connectivity index (χ3v) is 6.05. The minimum Gasteiger partial charge on any atom is -0.497 e. The van der Waals surface area contributed by atoms with E-state index in [0.29, 0.717) is 17.7 Å². The number of methoxy groups -OCH3 is 1. The molecule has 0 aliphatic heterocycles. The smallest absolute Gasteiger partial charge is 0.247 e.